The molecule has 0 saturated heterocycles. The Balaban J connectivity index is 0. The predicted octanol–water partition coefficient (Wildman–Crippen LogP) is 5.00. The molecule has 0 saturated carbocycles. The summed E-state index contributed by atoms with van der Waals surface area (Å²) in [5.41, 5.74) is 6.88. The number of alkyl halides is 3. The fourth-order valence-electron chi connectivity index (χ4n) is 1.27. The first-order chi connectivity index (χ1) is 8.38. The fraction of sp³-hybridized carbons (Fsp3) is 0.571. The second-order valence-corrected chi connectivity index (χ2v) is 3.34. The largest absolute Gasteiger partial charge is 0.390 e. The molecule has 0 fully saturated rings. The number of hydrogen-bond donors (Lipinski definition) is 1. The second kappa shape index (κ2) is 9.95. The highest BCUT2D eigenvalue weighted by atomic mass is 19.4. The van der Waals surface area contributed by atoms with Crippen molar-refractivity contribution in [2.75, 3.05) is 0 Å². The number of benzene rings is 1. The van der Waals surface area contributed by atoms with Gasteiger partial charge in [0.1, 0.15) is 0 Å². The zero-order valence-corrected chi connectivity index (χ0v) is 11.8. The van der Waals surface area contributed by atoms with Crippen LogP contribution in [0.15, 0.2) is 24.3 Å². The van der Waals surface area contributed by atoms with Gasteiger partial charge in [-0.3, -0.25) is 0 Å². The van der Waals surface area contributed by atoms with Crippen molar-refractivity contribution in [2.24, 2.45) is 5.73 Å². The summed E-state index contributed by atoms with van der Waals surface area (Å²) in [4.78, 5) is 0. The lowest BCUT2D eigenvalue weighted by molar-refractivity contribution is -0.138. The van der Waals surface area contributed by atoms with Crippen LogP contribution in [0.25, 0.3) is 0 Å². The third kappa shape index (κ3) is 9.05. The van der Waals surface area contributed by atoms with Gasteiger partial charge in [0.05, 0.1) is 6.42 Å². The summed E-state index contributed by atoms with van der Waals surface area (Å²) in [5, 5.41) is 0. The monoisotopic (exact) mass is 263 g/mol. The summed E-state index contributed by atoms with van der Waals surface area (Å²) in [7, 11) is 0. The van der Waals surface area contributed by atoms with Crippen molar-refractivity contribution in [3.8, 4) is 0 Å². The highest BCUT2D eigenvalue weighted by Gasteiger charge is 2.30. The van der Waals surface area contributed by atoms with E-state index in [1.165, 1.54) is 0 Å². The Morgan fingerprint density at radius 3 is 2.00 bits per heavy atom. The quantitative estimate of drug-likeness (QED) is 0.798. The highest BCUT2D eigenvalue weighted by Crippen LogP contribution is 2.27. The van der Waals surface area contributed by atoms with Crippen molar-refractivity contribution >= 4 is 0 Å². The lowest BCUT2D eigenvalue weighted by atomic mass is 10.0. The average molecular weight is 263 g/mol. The van der Waals surface area contributed by atoms with Gasteiger partial charge in [0.25, 0.3) is 0 Å². The molecule has 0 spiro atoms. The van der Waals surface area contributed by atoms with Crippen molar-refractivity contribution in [3.05, 3.63) is 35.4 Å². The number of rotatable bonds is 2. The molecule has 1 unspecified atom stereocenters. The molecule has 0 heterocycles. The van der Waals surface area contributed by atoms with E-state index in [0.29, 0.717) is 5.56 Å². The van der Waals surface area contributed by atoms with E-state index < -0.39 is 18.6 Å². The first kappa shape index (κ1) is 19.3. The second-order valence-electron chi connectivity index (χ2n) is 3.34. The van der Waals surface area contributed by atoms with E-state index in [1.807, 2.05) is 40.7 Å². The standard InChI is InChI=1S/C10H12F3N.2C2H6/c1-7-3-2-4-8(5-7)9(14)6-10(11,12)13;2*1-2/h2-5,9H,6,14H2,1H3;2*1-2H3. The Kier molecular flexibility index (Phi) is 10.7. The lowest BCUT2D eigenvalue weighted by Crippen LogP contribution is -2.20. The predicted molar refractivity (Wildman–Crippen MR) is 71.5 cm³/mol. The SMILES string of the molecule is CC.CC.Cc1cccc(C(N)CC(F)(F)F)c1. The molecule has 1 aromatic rings. The molecule has 0 aromatic heterocycles. The molecule has 106 valence electrons. The van der Waals surface area contributed by atoms with Crippen molar-refractivity contribution in [3.63, 3.8) is 0 Å². The first-order valence-electron chi connectivity index (χ1n) is 6.27. The summed E-state index contributed by atoms with van der Waals surface area (Å²) in [6.07, 6.45) is -5.18. The van der Waals surface area contributed by atoms with Crippen molar-refractivity contribution in [1.29, 1.82) is 0 Å². The first-order valence-corrected chi connectivity index (χ1v) is 6.27. The maximum absolute atomic E-state index is 12.0. The van der Waals surface area contributed by atoms with Crippen LogP contribution in [0.2, 0.25) is 0 Å². The Hall–Kier alpha value is -1.03. The maximum atomic E-state index is 12.0. The Morgan fingerprint density at radius 2 is 1.61 bits per heavy atom. The molecule has 1 aromatic carbocycles. The summed E-state index contributed by atoms with van der Waals surface area (Å²) in [5.74, 6) is 0. The fourth-order valence-corrected chi connectivity index (χ4v) is 1.27. The van der Waals surface area contributed by atoms with Crippen LogP contribution in [0.3, 0.4) is 0 Å². The molecule has 1 atom stereocenters. The molecule has 1 rings (SSSR count). The van der Waals surface area contributed by atoms with E-state index in [2.05, 4.69) is 0 Å². The molecule has 0 aliphatic rings. The molecule has 0 bridgehead atoms. The van der Waals surface area contributed by atoms with Crippen LogP contribution in [0.5, 0.6) is 0 Å². The van der Waals surface area contributed by atoms with Crippen LogP contribution in [-0.2, 0) is 0 Å². The Bertz CT molecular complexity index is 308. The highest BCUT2D eigenvalue weighted by molar-refractivity contribution is 5.24. The smallest absolute Gasteiger partial charge is 0.324 e. The van der Waals surface area contributed by atoms with Gasteiger partial charge in [0.2, 0.25) is 0 Å². The van der Waals surface area contributed by atoms with Crippen LogP contribution in [0, 0.1) is 6.92 Å². The summed E-state index contributed by atoms with van der Waals surface area (Å²) >= 11 is 0. The van der Waals surface area contributed by atoms with Gasteiger partial charge < -0.3 is 5.73 Å². The van der Waals surface area contributed by atoms with Gasteiger partial charge in [-0.15, -0.1) is 0 Å². The number of hydrogen-bond acceptors (Lipinski definition) is 1. The van der Waals surface area contributed by atoms with Crippen molar-refractivity contribution in [2.45, 2.75) is 53.3 Å². The van der Waals surface area contributed by atoms with Crippen LogP contribution < -0.4 is 5.73 Å². The zero-order chi connectivity index (χ0) is 14.8. The van der Waals surface area contributed by atoms with Crippen molar-refractivity contribution < 1.29 is 13.2 Å². The van der Waals surface area contributed by atoms with Crippen molar-refractivity contribution in [1.82, 2.24) is 0 Å². The van der Waals surface area contributed by atoms with Gasteiger partial charge in [-0.1, -0.05) is 57.5 Å². The third-order valence-electron chi connectivity index (χ3n) is 1.92. The summed E-state index contributed by atoms with van der Waals surface area (Å²) < 4.78 is 36.0. The van der Waals surface area contributed by atoms with E-state index in [1.54, 1.807) is 18.2 Å². The van der Waals surface area contributed by atoms with Crippen LogP contribution >= 0.6 is 0 Å². The van der Waals surface area contributed by atoms with Crippen LogP contribution in [0.1, 0.15) is 51.3 Å². The summed E-state index contributed by atoms with van der Waals surface area (Å²) in [6, 6.07) is 5.86. The van der Waals surface area contributed by atoms with E-state index in [9.17, 15) is 13.2 Å². The van der Waals surface area contributed by atoms with Gasteiger partial charge in [-0.25, -0.2) is 0 Å². The zero-order valence-electron chi connectivity index (χ0n) is 11.8. The molecular formula is C14H24F3N. The average Bonchev–Trinajstić information content (AvgIpc) is 2.32. The van der Waals surface area contributed by atoms with E-state index in [-0.39, 0.29) is 0 Å². The van der Waals surface area contributed by atoms with Gasteiger partial charge in [0.15, 0.2) is 0 Å². The topological polar surface area (TPSA) is 26.0 Å². The molecule has 0 aliphatic carbocycles. The van der Waals surface area contributed by atoms with Crippen LogP contribution in [-0.4, -0.2) is 6.18 Å². The van der Waals surface area contributed by atoms with Gasteiger partial charge in [-0.2, -0.15) is 13.2 Å². The van der Waals surface area contributed by atoms with E-state index >= 15 is 0 Å². The molecule has 2 N–H and O–H groups in total. The normalized spacial score (nSPS) is 11.6. The van der Waals surface area contributed by atoms with E-state index in [0.717, 1.165) is 5.56 Å². The van der Waals surface area contributed by atoms with Gasteiger partial charge >= 0.3 is 6.18 Å². The third-order valence-corrected chi connectivity index (χ3v) is 1.92. The Labute approximate surface area is 108 Å². The molecule has 0 radical (unpaired) electrons. The minimum absolute atomic E-state index is 0.530. The summed E-state index contributed by atoms with van der Waals surface area (Å²) in [6.45, 7) is 9.82. The molecule has 1 nitrogen and oxygen atoms in total. The molecule has 4 heteroatoms. The number of halogens is 3. The molecular weight excluding hydrogens is 239 g/mol. The van der Waals surface area contributed by atoms with E-state index in [4.69, 9.17) is 5.73 Å². The molecule has 0 amide bonds. The van der Waals surface area contributed by atoms with Crippen LogP contribution in [0.4, 0.5) is 13.2 Å². The minimum Gasteiger partial charge on any atom is -0.324 e. The maximum Gasteiger partial charge on any atom is 0.390 e. The molecule has 18 heavy (non-hydrogen) atoms. The van der Waals surface area contributed by atoms with Gasteiger partial charge in [-0.05, 0) is 12.5 Å². The minimum atomic E-state index is -4.21. The number of aryl methyl sites for hydroxylation is 1. The lowest BCUT2D eigenvalue weighted by Gasteiger charge is -2.14. The Morgan fingerprint density at radius 1 is 1.11 bits per heavy atom. The van der Waals surface area contributed by atoms with Gasteiger partial charge in [0, 0.05) is 6.04 Å². The molecule has 0 aliphatic heterocycles. The number of nitrogens with two attached hydrogens (primary N) is 1.